The predicted molar refractivity (Wildman–Crippen MR) is 65.6 cm³/mol. The molecule has 0 radical (unpaired) electrons. The van der Waals surface area contributed by atoms with Crippen LogP contribution >= 0.6 is 15.9 Å². The topological polar surface area (TPSA) is 29.3 Å². The lowest BCUT2D eigenvalue weighted by atomic mass is 10.2. The van der Waals surface area contributed by atoms with Gasteiger partial charge < -0.3 is 10.6 Å². The molecule has 0 aliphatic heterocycles. The first-order valence-corrected chi connectivity index (χ1v) is 5.86. The van der Waals surface area contributed by atoms with Crippen LogP contribution in [0.15, 0.2) is 16.6 Å². The molecule has 1 aromatic carbocycles. The molecule has 4 heteroatoms. The first kappa shape index (κ1) is 12.5. The maximum Gasteiger partial charge on any atom is 0.160 e. The summed E-state index contributed by atoms with van der Waals surface area (Å²) in [5, 5.41) is 0. The Morgan fingerprint density at radius 3 is 2.40 bits per heavy atom. The minimum absolute atomic E-state index is 0.221. The van der Waals surface area contributed by atoms with E-state index in [1.165, 1.54) is 0 Å². The third kappa shape index (κ3) is 2.49. The van der Waals surface area contributed by atoms with Crippen molar-refractivity contribution in [3.8, 4) is 0 Å². The van der Waals surface area contributed by atoms with Crippen LogP contribution in [0.4, 0.5) is 10.1 Å². The number of anilines is 1. The number of rotatable bonds is 4. The van der Waals surface area contributed by atoms with Crippen LogP contribution in [-0.2, 0) is 6.54 Å². The van der Waals surface area contributed by atoms with Gasteiger partial charge in [0.05, 0.1) is 10.2 Å². The second-order valence-electron chi connectivity index (χ2n) is 3.25. The van der Waals surface area contributed by atoms with Crippen molar-refractivity contribution in [3.63, 3.8) is 0 Å². The highest BCUT2D eigenvalue weighted by atomic mass is 79.9. The van der Waals surface area contributed by atoms with Gasteiger partial charge in [-0.15, -0.1) is 0 Å². The summed E-state index contributed by atoms with van der Waals surface area (Å²) in [5.41, 5.74) is 6.92. The Labute approximate surface area is 98.4 Å². The number of hydrogen-bond acceptors (Lipinski definition) is 2. The molecule has 0 aliphatic carbocycles. The van der Waals surface area contributed by atoms with Gasteiger partial charge in [0, 0.05) is 19.6 Å². The fraction of sp³-hybridized carbons (Fsp3) is 0.455. The zero-order chi connectivity index (χ0) is 11.4. The average Bonchev–Trinajstić information content (AvgIpc) is 2.26. The molecule has 0 saturated carbocycles. The standard InChI is InChI=1S/C11H16BrFN2/c1-3-15(4-2)9-6-5-8(7-14)10(12)11(9)13/h5-6H,3-4,7,14H2,1-2H3. The van der Waals surface area contributed by atoms with Crippen molar-refractivity contribution < 1.29 is 4.39 Å². The number of benzene rings is 1. The highest BCUT2D eigenvalue weighted by Crippen LogP contribution is 2.29. The number of hydrogen-bond donors (Lipinski definition) is 1. The molecule has 0 atom stereocenters. The zero-order valence-electron chi connectivity index (χ0n) is 9.06. The number of halogens is 2. The Morgan fingerprint density at radius 2 is 1.93 bits per heavy atom. The molecule has 84 valence electrons. The van der Waals surface area contributed by atoms with E-state index in [2.05, 4.69) is 15.9 Å². The summed E-state index contributed by atoms with van der Waals surface area (Å²) in [4.78, 5) is 1.97. The lowest BCUT2D eigenvalue weighted by Gasteiger charge is -2.22. The Morgan fingerprint density at radius 1 is 1.33 bits per heavy atom. The van der Waals surface area contributed by atoms with Crippen molar-refractivity contribution in [3.05, 3.63) is 28.0 Å². The molecule has 0 fully saturated rings. The van der Waals surface area contributed by atoms with Crippen molar-refractivity contribution in [1.82, 2.24) is 0 Å². The summed E-state index contributed by atoms with van der Waals surface area (Å²) >= 11 is 3.24. The van der Waals surface area contributed by atoms with Gasteiger partial charge in [-0.3, -0.25) is 0 Å². The molecule has 2 N–H and O–H groups in total. The zero-order valence-corrected chi connectivity index (χ0v) is 10.6. The van der Waals surface area contributed by atoms with E-state index in [4.69, 9.17) is 5.73 Å². The van der Waals surface area contributed by atoms with E-state index in [-0.39, 0.29) is 5.82 Å². The predicted octanol–water partition coefficient (Wildman–Crippen LogP) is 2.89. The van der Waals surface area contributed by atoms with E-state index in [1.807, 2.05) is 24.8 Å². The Bertz CT molecular complexity index is 338. The lowest BCUT2D eigenvalue weighted by molar-refractivity contribution is 0.611. The molecule has 0 unspecified atom stereocenters. The van der Waals surface area contributed by atoms with E-state index in [0.29, 0.717) is 16.7 Å². The van der Waals surface area contributed by atoms with Gasteiger partial charge in [-0.2, -0.15) is 0 Å². The molecule has 0 spiro atoms. The highest BCUT2D eigenvalue weighted by Gasteiger charge is 2.13. The fourth-order valence-corrected chi connectivity index (χ4v) is 2.04. The van der Waals surface area contributed by atoms with Crippen LogP contribution in [0.3, 0.4) is 0 Å². The normalized spacial score (nSPS) is 10.5. The first-order valence-electron chi connectivity index (χ1n) is 5.07. The molecule has 0 amide bonds. The van der Waals surface area contributed by atoms with Crippen LogP contribution < -0.4 is 10.6 Å². The summed E-state index contributed by atoms with van der Waals surface area (Å²) in [6, 6.07) is 3.65. The van der Waals surface area contributed by atoms with Gasteiger partial charge in [-0.25, -0.2) is 4.39 Å². The Kier molecular flexibility index (Phi) is 4.54. The summed E-state index contributed by atoms with van der Waals surface area (Å²) in [7, 11) is 0. The second-order valence-corrected chi connectivity index (χ2v) is 4.04. The minimum Gasteiger partial charge on any atom is -0.370 e. The van der Waals surface area contributed by atoms with Gasteiger partial charge in [0.1, 0.15) is 0 Å². The van der Waals surface area contributed by atoms with E-state index in [1.54, 1.807) is 6.07 Å². The summed E-state index contributed by atoms with van der Waals surface area (Å²) in [6.45, 7) is 5.95. The van der Waals surface area contributed by atoms with Crippen molar-refractivity contribution in [1.29, 1.82) is 0 Å². The molecule has 2 nitrogen and oxygen atoms in total. The molecule has 0 aromatic heterocycles. The molecule has 1 aromatic rings. The minimum atomic E-state index is -0.221. The van der Waals surface area contributed by atoms with E-state index in [9.17, 15) is 4.39 Å². The molecule has 0 aliphatic rings. The third-order valence-corrected chi connectivity index (χ3v) is 3.32. The second kappa shape index (κ2) is 5.47. The molecular weight excluding hydrogens is 259 g/mol. The van der Waals surface area contributed by atoms with Crippen LogP contribution in [0.2, 0.25) is 0 Å². The third-order valence-electron chi connectivity index (χ3n) is 2.47. The number of nitrogens with zero attached hydrogens (tertiary/aromatic N) is 1. The molecular formula is C11H16BrFN2. The highest BCUT2D eigenvalue weighted by molar-refractivity contribution is 9.10. The fourth-order valence-electron chi connectivity index (χ4n) is 1.55. The average molecular weight is 275 g/mol. The van der Waals surface area contributed by atoms with Crippen LogP contribution in [0.1, 0.15) is 19.4 Å². The van der Waals surface area contributed by atoms with E-state index in [0.717, 1.165) is 18.7 Å². The van der Waals surface area contributed by atoms with Crippen LogP contribution in [0.25, 0.3) is 0 Å². The Hall–Kier alpha value is -0.610. The van der Waals surface area contributed by atoms with Gasteiger partial charge in [-0.1, -0.05) is 6.07 Å². The van der Waals surface area contributed by atoms with Crippen LogP contribution in [0.5, 0.6) is 0 Å². The molecule has 0 bridgehead atoms. The van der Waals surface area contributed by atoms with Crippen molar-refractivity contribution in [2.75, 3.05) is 18.0 Å². The molecule has 15 heavy (non-hydrogen) atoms. The van der Waals surface area contributed by atoms with Gasteiger partial charge >= 0.3 is 0 Å². The largest absolute Gasteiger partial charge is 0.370 e. The maximum absolute atomic E-state index is 13.9. The quantitative estimate of drug-likeness (QED) is 0.915. The first-order chi connectivity index (χ1) is 7.15. The smallest absolute Gasteiger partial charge is 0.160 e. The van der Waals surface area contributed by atoms with Gasteiger partial charge in [0.2, 0.25) is 0 Å². The molecule has 0 heterocycles. The summed E-state index contributed by atoms with van der Waals surface area (Å²) in [5.74, 6) is -0.221. The van der Waals surface area contributed by atoms with Crippen LogP contribution in [-0.4, -0.2) is 13.1 Å². The van der Waals surface area contributed by atoms with Crippen molar-refractivity contribution in [2.45, 2.75) is 20.4 Å². The maximum atomic E-state index is 13.9. The van der Waals surface area contributed by atoms with Gasteiger partial charge in [0.15, 0.2) is 5.82 Å². The van der Waals surface area contributed by atoms with Gasteiger partial charge in [-0.05, 0) is 41.4 Å². The number of nitrogens with two attached hydrogens (primary N) is 1. The van der Waals surface area contributed by atoms with Crippen LogP contribution in [0, 0.1) is 5.82 Å². The Balaban J connectivity index is 3.16. The van der Waals surface area contributed by atoms with E-state index < -0.39 is 0 Å². The monoisotopic (exact) mass is 274 g/mol. The molecule has 1 rings (SSSR count). The van der Waals surface area contributed by atoms with Crippen molar-refractivity contribution in [2.24, 2.45) is 5.73 Å². The van der Waals surface area contributed by atoms with E-state index >= 15 is 0 Å². The summed E-state index contributed by atoms with van der Waals surface area (Å²) < 4.78 is 14.4. The summed E-state index contributed by atoms with van der Waals surface area (Å²) in [6.07, 6.45) is 0. The van der Waals surface area contributed by atoms with Crippen molar-refractivity contribution >= 4 is 21.6 Å². The van der Waals surface area contributed by atoms with Gasteiger partial charge in [0.25, 0.3) is 0 Å². The molecule has 0 saturated heterocycles. The SMILES string of the molecule is CCN(CC)c1ccc(CN)c(Br)c1F. The lowest BCUT2D eigenvalue weighted by Crippen LogP contribution is -2.23.